The van der Waals surface area contributed by atoms with Gasteiger partial charge in [-0.05, 0) is 6.07 Å². The van der Waals surface area contributed by atoms with Crippen molar-refractivity contribution in [3.63, 3.8) is 0 Å². The lowest BCUT2D eigenvalue weighted by molar-refractivity contribution is -0.385. The van der Waals surface area contributed by atoms with Crippen molar-refractivity contribution >= 4 is 5.69 Å². The lowest BCUT2D eigenvalue weighted by Gasteiger charge is -2.04. The monoisotopic (exact) mass is 183 g/mol. The summed E-state index contributed by atoms with van der Waals surface area (Å²) in [5, 5.41) is 19.4. The van der Waals surface area contributed by atoms with Crippen molar-refractivity contribution in [3.8, 4) is 0 Å². The second-order valence-corrected chi connectivity index (χ2v) is 2.45. The molecule has 6 nitrogen and oxygen atoms in total. The highest BCUT2D eigenvalue weighted by Crippen LogP contribution is 2.13. The molecule has 6 heteroatoms. The first kappa shape index (κ1) is 9.56. The molecule has 1 rings (SSSR count). The minimum atomic E-state index is -0.860. The molecule has 1 heterocycles. The van der Waals surface area contributed by atoms with E-state index >= 15 is 0 Å². The molecule has 0 bridgehead atoms. The Morgan fingerprint density at radius 1 is 1.69 bits per heavy atom. The second kappa shape index (κ2) is 3.92. The molecule has 0 radical (unpaired) electrons. The number of rotatable bonds is 3. The van der Waals surface area contributed by atoms with Crippen LogP contribution in [0, 0.1) is 10.1 Å². The highest BCUT2D eigenvalue weighted by molar-refractivity contribution is 5.27. The lowest BCUT2D eigenvalue weighted by atomic mass is 10.2. The summed E-state index contributed by atoms with van der Waals surface area (Å²) in [4.78, 5) is 13.4. The van der Waals surface area contributed by atoms with E-state index in [-0.39, 0.29) is 12.2 Å². The Labute approximate surface area is 74.2 Å². The van der Waals surface area contributed by atoms with E-state index in [1.807, 2.05) is 0 Å². The summed E-state index contributed by atoms with van der Waals surface area (Å²) >= 11 is 0. The second-order valence-electron chi connectivity index (χ2n) is 2.45. The van der Waals surface area contributed by atoms with Crippen LogP contribution in [0.3, 0.4) is 0 Å². The van der Waals surface area contributed by atoms with Gasteiger partial charge in [0.05, 0.1) is 10.6 Å². The van der Waals surface area contributed by atoms with Crippen LogP contribution in [0.25, 0.3) is 0 Å². The van der Waals surface area contributed by atoms with Crippen LogP contribution in [0.1, 0.15) is 11.8 Å². The van der Waals surface area contributed by atoms with Crippen LogP contribution in [0.2, 0.25) is 0 Å². The number of nitrogens with two attached hydrogens (primary N) is 1. The largest absolute Gasteiger partial charge is 0.385 e. The van der Waals surface area contributed by atoms with Gasteiger partial charge in [0.2, 0.25) is 0 Å². The van der Waals surface area contributed by atoms with Crippen LogP contribution < -0.4 is 5.73 Å². The fraction of sp³-hybridized carbons (Fsp3) is 0.286. The van der Waals surface area contributed by atoms with Gasteiger partial charge in [-0.3, -0.25) is 15.1 Å². The van der Waals surface area contributed by atoms with Gasteiger partial charge in [0.25, 0.3) is 5.69 Å². The third kappa shape index (κ3) is 2.20. The molecule has 1 atom stereocenters. The van der Waals surface area contributed by atoms with Crippen molar-refractivity contribution in [1.29, 1.82) is 0 Å². The van der Waals surface area contributed by atoms with E-state index in [9.17, 15) is 15.2 Å². The molecular weight excluding hydrogens is 174 g/mol. The maximum atomic E-state index is 10.2. The predicted octanol–water partition coefficient (Wildman–Crippen LogP) is -0.0181. The van der Waals surface area contributed by atoms with E-state index in [2.05, 4.69) is 4.98 Å². The zero-order valence-electron chi connectivity index (χ0n) is 6.75. The van der Waals surface area contributed by atoms with Crippen LogP contribution in [0.15, 0.2) is 18.3 Å². The number of hydrogen-bond donors (Lipinski definition) is 2. The fourth-order valence-corrected chi connectivity index (χ4v) is 0.823. The average Bonchev–Trinajstić information content (AvgIpc) is 2.17. The minimum Gasteiger partial charge on any atom is -0.385 e. The van der Waals surface area contributed by atoms with Gasteiger partial charge in [0.1, 0.15) is 12.3 Å². The number of nitro groups is 1. The quantitative estimate of drug-likeness (QED) is 0.506. The number of aliphatic hydroxyl groups is 1. The summed E-state index contributed by atoms with van der Waals surface area (Å²) in [7, 11) is 0. The summed E-state index contributed by atoms with van der Waals surface area (Å²) in [5.41, 5.74) is 5.42. The first-order chi connectivity index (χ1) is 6.15. The van der Waals surface area contributed by atoms with E-state index < -0.39 is 11.0 Å². The number of hydrogen-bond acceptors (Lipinski definition) is 5. The van der Waals surface area contributed by atoms with Gasteiger partial charge in [-0.25, -0.2) is 0 Å². The van der Waals surface area contributed by atoms with Crippen LogP contribution in [0.4, 0.5) is 5.69 Å². The average molecular weight is 183 g/mol. The molecular formula is C7H9N3O3. The van der Waals surface area contributed by atoms with Crippen molar-refractivity contribution in [3.05, 3.63) is 34.1 Å². The Morgan fingerprint density at radius 2 is 2.38 bits per heavy atom. The van der Waals surface area contributed by atoms with Crippen LogP contribution in [0.5, 0.6) is 0 Å². The van der Waals surface area contributed by atoms with Crippen LogP contribution >= 0.6 is 0 Å². The van der Waals surface area contributed by atoms with Gasteiger partial charge in [0, 0.05) is 12.6 Å². The Morgan fingerprint density at radius 3 is 2.77 bits per heavy atom. The topological polar surface area (TPSA) is 102 Å². The number of pyridine rings is 1. The van der Waals surface area contributed by atoms with Gasteiger partial charge in [-0.2, -0.15) is 0 Å². The summed E-state index contributed by atoms with van der Waals surface area (Å²) in [6.45, 7) is 0.0464. The third-order valence-electron chi connectivity index (χ3n) is 1.55. The third-order valence-corrected chi connectivity index (χ3v) is 1.55. The Bertz CT molecular complexity index is 298. The zero-order chi connectivity index (χ0) is 9.84. The van der Waals surface area contributed by atoms with Gasteiger partial charge in [0.15, 0.2) is 0 Å². The van der Waals surface area contributed by atoms with E-state index in [4.69, 9.17) is 5.73 Å². The first-order valence-electron chi connectivity index (χ1n) is 3.63. The van der Waals surface area contributed by atoms with E-state index in [1.165, 1.54) is 12.1 Å². The van der Waals surface area contributed by atoms with Gasteiger partial charge >= 0.3 is 0 Å². The maximum absolute atomic E-state index is 10.2. The summed E-state index contributed by atoms with van der Waals surface area (Å²) < 4.78 is 0. The normalized spacial score (nSPS) is 12.5. The SMILES string of the molecule is NC[C@@H](O)c1ccc([N+](=O)[O-])cn1. The minimum absolute atomic E-state index is 0.0464. The predicted molar refractivity (Wildman–Crippen MR) is 44.9 cm³/mol. The molecule has 0 spiro atoms. The summed E-state index contributed by atoms with van der Waals surface area (Å²) in [5.74, 6) is 0. The number of aliphatic hydroxyl groups excluding tert-OH is 1. The molecule has 0 aliphatic heterocycles. The Balaban J connectivity index is 2.87. The Kier molecular flexibility index (Phi) is 2.88. The molecule has 70 valence electrons. The van der Waals surface area contributed by atoms with Gasteiger partial charge in [-0.1, -0.05) is 0 Å². The van der Waals surface area contributed by atoms with Crippen molar-refractivity contribution in [2.45, 2.75) is 6.10 Å². The molecule has 0 saturated heterocycles. The molecule has 0 aliphatic rings. The molecule has 0 aliphatic carbocycles. The van der Waals surface area contributed by atoms with Gasteiger partial charge < -0.3 is 10.8 Å². The molecule has 0 amide bonds. The maximum Gasteiger partial charge on any atom is 0.287 e. The molecule has 3 N–H and O–H groups in total. The van der Waals surface area contributed by atoms with E-state index in [1.54, 1.807) is 0 Å². The van der Waals surface area contributed by atoms with E-state index in [0.717, 1.165) is 6.20 Å². The van der Waals surface area contributed by atoms with Crippen molar-refractivity contribution in [2.75, 3.05) is 6.54 Å². The van der Waals surface area contributed by atoms with Crippen molar-refractivity contribution in [1.82, 2.24) is 4.98 Å². The van der Waals surface area contributed by atoms with E-state index in [0.29, 0.717) is 5.69 Å². The molecule has 13 heavy (non-hydrogen) atoms. The Hall–Kier alpha value is -1.53. The first-order valence-corrected chi connectivity index (χ1v) is 3.63. The highest BCUT2D eigenvalue weighted by atomic mass is 16.6. The van der Waals surface area contributed by atoms with Crippen LogP contribution in [-0.2, 0) is 0 Å². The molecule has 0 unspecified atom stereocenters. The smallest absolute Gasteiger partial charge is 0.287 e. The molecule has 1 aromatic heterocycles. The zero-order valence-corrected chi connectivity index (χ0v) is 6.75. The molecule has 0 saturated carbocycles. The number of nitrogens with zero attached hydrogens (tertiary/aromatic N) is 2. The summed E-state index contributed by atoms with van der Waals surface area (Å²) in [6, 6.07) is 2.66. The number of aromatic nitrogens is 1. The molecule has 0 aromatic carbocycles. The standard InChI is InChI=1S/C7H9N3O3/c8-3-7(11)6-2-1-5(4-9-6)10(12)13/h1-2,4,7,11H,3,8H2/t7-/m1/s1. The van der Waals surface area contributed by atoms with Crippen LogP contribution in [-0.4, -0.2) is 21.6 Å². The summed E-state index contributed by atoms with van der Waals surface area (Å²) in [6.07, 6.45) is 0.231. The van der Waals surface area contributed by atoms with Crippen molar-refractivity contribution < 1.29 is 10.0 Å². The molecule has 0 fully saturated rings. The highest BCUT2D eigenvalue weighted by Gasteiger charge is 2.09. The van der Waals surface area contributed by atoms with Crippen molar-refractivity contribution in [2.24, 2.45) is 5.73 Å². The lowest BCUT2D eigenvalue weighted by Crippen LogP contribution is -2.12. The fourth-order valence-electron chi connectivity index (χ4n) is 0.823. The molecule has 1 aromatic rings. The van der Waals surface area contributed by atoms with Gasteiger partial charge in [-0.15, -0.1) is 0 Å².